The molecule has 0 spiro atoms. The molecule has 3 nitrogen and oxygen atoms in total. The zero-order valence-corrected chi connectivity index (χ0v) is 12.2. The number of nitrogens with one attached hydrogen (secondary N) is 1. The number of aromatic amines is 1. The van der Waals surface area contributed by atoms with Gasteiger partial charge in [0, 0.05) is 11.3 Å². The molecule has 1 aromatic heterocycles. The number of nitrogens with zero attached hydrogens (tertiary/aromatic N) is 1. The summed E-state index contributed by atoms with van der Waals surface area (Å²) in [5.41, 5.74) is 4.51. The second kappa shape index (κ2) is 5.91. The third-order valence-electron chi connectivity index (χ3n) is 3.24. The maximum absolute atomic E-state index is 5.73. The van der Waals surface area contributed by atoms with Crippen molar-refractivity contribution >= 4 is 0 Å². The fraction of sp³-hybridized carbons (Fsp3) is 0.438. The van der Waals surface area contributed by atoms with Gasteiger partial charge < -0.3 is 4.74 Å². The number of ether oxygens (including phenoxy) is 1. The van der Waals surface area contributed by atoms with Crippen molar-refractivity contribution in [2.24, 2.45) is 5.92 Å². The highest BCUT2D eigenvalue weighted by Crippen LogP contribution is 2.27. The monoisotopic (exact) mass is 258 g/mol. The maximum atomic E-state index is 5.73. The molecule has 19 heavy (non-hydrogen) atoms. The Bertz CT molecular complexity index is 507. The molecule has 1 heterocycles. The van der Waals surface area contributed by atoms with Crippen molar-refractivity contribution in [1.29, 1.82) is 0 Å². The molecular weight excluding hydrogens is 236 g/mol. The zero-order valence-electron chi connectivity index (χ0n) is 12.2. The minimum atomic E-state index is 0.676. The van der Waals surface area contributed by atoms with Gasteiger partial charge in [0.05, 0.1) is 12.3 Å². The van der Waals surface area contributed by atoms with E-state index in [-0.39, 0.29) is 0 Å². The molecule has 0 saturated heterocycles. The van der Waals surface area contributed by atoms with Crippen LogP contribution in [0.1, 0.15) is 31.7 Å². The van der Waals surface area contributed by atoms with Gasteiger partial charge in [-0.05, 0) is 43.9 Å². The summed E-state index contributed by atoms with van der Waals surface area (Å²) in [4.78, 5) is 0. The minimum Gasteiger partial charge on any atom is -0.494 e. The molecular formula is C16H22N2O. The van der Waals surface area contributed by atoms with Gasteiger partial charge in [-0.1, -0.05) is 26.0 Å². The summed E-state index contributed by atoms with van der Waals surface area (Å²) in [5, 5.41) is 7.24. The van der Waals surface area contributed by atoms with Crippen LogP contribution in [-0.4, -0.2) is 16.8 Å². The van der Waals surface area contributed by atoms with Crippen molar-refractivity contribution < 1.29 is 4.74 Å². The summed E-state index contributed by atoms with van der Waals surface area (Å²) in [6.45, 7) is 9.25. The molecule has 0 aliphatic rings. The molecule has 0 aliphatic carbocycles. The number of H-pyrrole nitrogens is 1. The second-order valence-corrected chi connectivity index (χ2v) is 5.36. The Hall–Kier alpha value is -1.77. The first-order valence-electron chi connectivity index (χ1n) is 6.82. The van der Waals surface area contributed by atoms with Crippen LogP contribution in [0.25, 0.3) is 11.1 Å². The molecule has 0 bridgehead atoms. The normalized spacial score (nSPS) is 11.0. The molecule has 2 aromatic rings. The third-order valence-corrected chi connectivity index (χ3v) is 3.24. The summed E-state index contributed by atoms with van der Waals surface area (Å²) in [7, 11) is 0. The van der Waals surface area contributed by atoms with E-state index in [2.05, 4.69) is 36.2 Å². The van der Waals surface area contributed by atoms with Crippen LogP contribution >= 0.6 is 0 Å². The average molecular weight is 258 g/mol. The molecule has 1 aromatic carbocycles. The van der Waals surface area contributed by atoms with E-state index >= 15 is 0 Å². The van der Waals surface area contributed by atoms with Gasteiger partial charge in [0.2, 0.25) is 0 Å². The van der Waals surface area contributed by atoms with E-state index in [1.807, 2.05) is 26.0 Å². The fourth-order valence-electron chi connectivity index (χ4n) is 2.11. The maximum Gasteiger partial charge on any atom is 0.119 e. The topological polar surface area (TPSA) is 37.9 Å². The standard InChI is InChI=1S/C16H22N2O/c1-11(2)9-10-19-15-7-5-14(6-8-15)16-12(3)17-18-13(16)4/h5-8,11H,9-10H2,1-4H3,(H,17,18). The highest BCUT2D eigenvalue weighted by atomic mass is 16.5. The fourth-order valence-corrected chi connectivity index (χ4v) is 2.11. The highest BCUT2D eigenvalue weighted by molar-refractivity contribution is 5.68. The van der Waals surface area contributed by atoms with Crippen LogP contribution < -0.4 is 4.74 Å². The average Bonchev–Trinajstić information content (AvgIpc) is 2.70. The van der Waals surface area contributed by atoms with Crippen LogP contribution in [0, 0.1) is 19.8 Å². The molecule has 0 aliphatic heterocycles. The highest BCUT2D eigenvalue weighted by Gasteiger charge is 2.08. The van der Waals surface area contributed by atoms with Gasteiger partial charge in [-0.3, -0.25) is 5.10 Å². The minimum absolute atomic E-state index is 0.676. The molecule has 3 heteroatoms. The Morgan fingerprint density at radius 2 is 1.84 bits per heavy atom. The first-order chi connectivity index (χ1) is 9.08. The summed E-state index contributed by atoms with van der Waals surface area (Å²) in [5.74, 6) is 1.61. The van der Waals surface area contributed by atoms with Gasteiger partial charge in [0.15, 0.2) is 0 Å². The molecule has 0 saturated carbocycles. The SMILES string of the molecule is Cc1n[nH]c(C)c1-c1ccc(OCCC(C)C)cc1. The van der Waals surface area contributed by atoms with Gasteiger partial charge >= 0.3 is 0 Å². The summed E-state index contributed by atoms with van der Waals surface area (Å²) < 4.78 is 5.73. The van der Waals surface area contributed by atoms with Gasteiger partial charge in [-0.25, -0.2) is 0 Å². The summed E-state index contributed by atoms with van der Waals surface area (Å²) >= 11 is 0. The smallest absolute Gasteiger partial charge is 0.119 e. The van der Waals surface area contributed by atoms with Gasteiger partial charge in [-0.15, -0.1) is 0 Å². The van der Waals surface area contributed by atoms with Crippen LogP contribution in [0.4, 0.5) is 0 Å². The first-order valence-corrected chi connectivity index (χ1v) is 6.82. The quantitative estimate of drug-likeness (QED) is 0.876. The number of benzene rings is 1. The number of rotatable bonds is 5. The van der Waals surface area contributed by atoms with E-state index in [9.17, 15) is 0 Å². The van der Waals surface area contributed by atoms with Gasteiger partial charge in [-0.2, -0.15) is 5.10 Å². The molecule has 0 amide bonds. The molecule has 0 unspecified atom stereocenters. The Kier molecular flexibility index (Phi) is 4.25. The second-order valence-electron chi connectivity index (χ2n) is 5.36. The molecule has 0 radical (unpaired) electrons. The predicted molar refractivity (Wildman–Crippen MR) is 78.4 cm³/mol. The first kappa shape index (κ1) is 13.7. The summed E-state index contributed by atoms with van der Waals surface area (Å²) in [6.07, 6.45) is 1.09. The Balaban J connectivity index is 2.06. The number of hydrogen-bond donors (Lipinski definition) is 1. The molecule has 102 valence electrons. The van der Waals surface area contributed by atoms with E-state index in [1.165, 1.54) is 11.1 Å². The van der Waals surface area contributed by atoms with Crippen LogP contribution in [0.5, 0.6) is 5.75 Å². The van der Waals surface area contributed by atoms with Crippen molar-refractivity contribution in [3.63, 3.8) is 0 Å². The largest absolute Gasteiger partial charge is 0.494 e. The predicted octanol–water partition coefficient (Wildman–Crippen LogP) is 4.12. The van der Waals surface area contributed by atoms with Crippen LogP contribution in [0.3, 0.4) is 0 Å². The molecule has 0 atom stereocenters. The van der Waals surface area contributed by atoms with Crippen molar-refractivity contribution in [2.75, 3.05) is 6.61 Å². The van der Waals surface area contributed by atoms with Crippen LogP contribution in [-0.2, 0) is 0 Å². The van der Waals surface area contributed by atoms with E-state index in [0.29, 0.717) is 5.92 Å². The lowest BCUT2D eigenvalue weighted by Gasteiger charge is -2.09. The van der Waals surface area contributed by atoms with Gasteiger partial charge in [0.25, 0.3) is 0 Å². The van der Waals surface area contributed by atoms with Crippen molar-refractivity contribution in [1.82, 2.24) is 10.2 Å². The zero-order chi connectivity index (χ0) is 13.8. The van der Waals surface area contributed by atoms with E-state index in [0.717, 1.165) is 30.2 Å². The molecule has 2 rings (SSSR count). The Labute approximate surface area is 115 Å². The lowest BCUT2D eigenvalue weighted by atomic mass is 10.0. The third kappa shape index (κ3) is 3.37. The van der Waals surface area contributed by atoms with Crippen LogP contribution in [0.15, 0.2) is 24.3 Å². The molecule has 0 fully saturated rings. The van der Waals surface area contributed by atoms with Crippen molar-refractivity contribution in [3.8, 4) is 16.9 Å². The van der Waals surface area contributed by atoms with Crippen molar-refractivity contribution in [2.45, 2.75) is 34.1 Å². The van der Waals surface area contributed by atoms with E-state index in [1.54, 1.807) is 0 Å². The van der Waals surface area contributed by atoms with E-state index in [4.69, 9.17) is 4.74 Å². The lowest BCUT2D eigenvalue weighted by molar-refractivity contribution is 0.289. The number of aryl methyl sites for hydroxylation is 2. The number of hydrogen-bond acceptors (Lipinski definition) is 2. The Morgan fingerprint density at radius 3 is 2.37 bits per heavy atom. The lowest BCUT2D eigenvalue weighted by Crippen LogP contribution is -2.01. The summed E-state index contributed by atoms with van der Waals surface area (Å²) in [6, 6.07) is 8.24. The Morgan fingerprint density at radius 1 is 1.16 bits per heavy atom. The number of aromatic nitrogens is 2. The molecule has 1 N–H and O–H groups in total. The van der Waals surface area contributed by atoms with Gasteiger partial charge in [0.1, 0.15) is 5.75 Å². The van der Waals surface area contributed by atoms with Crippen LogP contribution in [0.2, 0.25) is 0 Å². The van der Waals surface area contributed by atoms with E-state index < -0.39 is 0 Å². The van der Waals surface area contributed by atoms with Crippen molar-refractivity contribution in [3.05, 3.63) is 35.7 Å².